The number of carbonyl (C=O) groups is 1. The van der Waals surface area contributed by atoms with E-state index in [-0.39, 0.29) is 23.8 Å². The maximum Gasteiger partial charge on any atom is 0.220 e. The Labute approximate surface area is 164 Å². The van der Waals surface area contributed by atoms with Gasteiger partial charge in [-0.1, -0.05) is 30.3 Å². The van der Waals surface area contributed by atoms with Crippen LogP contribution in [0.25, 0.3) is 11.0 Å². The molecule has 0 saturated carbocycles. The molecular weight excluding hydrogens is 378 g/mol. The van der Waals surface area contributed by atoms with E-state index in [0.29, 0.717) is 17.8 Å². The fraction of sp³-hybridized carbons (Fsp3) is 0.286. The first kappa shape index (κ1) is 20.1. The van der Waals surface area contributed by atoms with Gasteiger partial charge < -0.3 is 14.8 Å². The quantitative estimate of drug-likeness (QED) is 0.635. The predicted octanol–water partition coefficient (Wildman–Crippen LogP) is 2.79. The molecule has 148 valence electrons. The van der Waals surface area contributed by atoms with E-state index >= 15 is 0 Å². The number of aryl methyl sites for hydroxylation is 1. The summed E-state index contributed by atoms with van der Waals surface area (Å²) in [6.45, 7) is 1.62. The van der Waals surface area contributed by atoms with Crippen molar-refractivity contribution in [3.63, 3.8) is 0 Å². The van der Waals surface area contributed by atoms with E-state index in [1.807, 2.05) is 24.3 Å². The van der Waals surface area contributed by atoms with Gasteiger partial charge in [0, 0.05) is 18.1 Å². The fourth-order valence-corrected chi connectivity index (χ4v) is 3.49. The normalized spacial score (nSPS) is 14.0. The number of benzene rings is 2. The topological polar surface area (TPSA) is 96.6 Å². The van der Waals surface area contributed by atoms with Gasteiger partial charge in [0.1, 0.15) is 16.9 Å². The van der Waals surface area contributed by atoms with Crippen molar-refractivity contribution in [2.45, 2.75) is 30.3 Å². The molecule has 0 spiro atoms. The summed E-state index contributed by atoms with van der Waals surface area (Å²) in [4.78, 5) is 12.4. The number of furan rings is 1. The molecule has 1 aromatic heterocycles. The van der Waals surface area contributed by atoms with E-state index in [2.05, 4.69) is 5.32 Å². The number of hydrogen-bond acceptors (Lipinski definition) is 5. The third kappa shape index (κ3) is 4.79. The summed E-state index contributed by atoms with van der Waals surface area (Å²) in [5.41, 5.74) is 0.222. The van der Waals surface area contributed by atoms with Gasteiger partial charge in [0.05, 0.1) is 11.4 Å². The number of para-hydroxylation sites is 1. The number of aliphatic hydroxyl groups is 1. The van der Waals surface area contributed by atoms with E-state index in [1.165, 1.54) is 12.1 Å². The summed E-state index contributed by atoms with van der Waals surface area (Å²) in [6.07, 6.45) is 1.86. The summed E-state index contributed by atoms with van der Waals surface area (Å²) < 4.78 is 28.6. The van der Waals surface area contributed by atoms with Crippen LogP contribution in [0.3, 0.4) is 0 Å². The van der Waals surface area contributed by atoms with Gasteiger partial charge in [-0.2, -0.15) is 0 Å². The van der Waals surface area contributed by atoms with Gasteiger partial charge in [0.2, 0.25) is 5.91 Å². The van der Waals surface area contributed by atoms with Gasteiger partial charge >= 0.3 is 0 Å². The van der Waals surface area contributed by atoms with Gasteiger partial charge in [-0.15, -0.1) is 0 Å². The number of fused-ring (bicyclic) bond motifs is 1. The third-order valence-corrected chi connectivity index (χ3v) is 5.71. The van der Waals surface area contributed by atoms with Crippen LogP contribution in [-0.4, -0.2) is 32.2 Å². The summed E-state index contributed by atoms with van der Waals surface area (Å²) in [6, 6.07) is 15.7. The Morgan fingerprint density at radius 1 is 1.14 bits per heavy atom. The molecule has 6 nitrogen and oxygen atoms in total. The van der Waals surface area contributed by atoms with Crippen LogP contribution in [0, 0.1) is 0 Å². The van der Waals surface area contributed by atoms with Gasteiger partial charge in [-0.05, 0) is 43.2 Å². The zero-order chi connectivity index (χ0) is 20.4. The first-order chi connectivity index (χ1) is 13.1. The highest BCUT2D eigenvalue weighted by Crippen LogP contribution is 2.27. The molecule has 0 fully saturated rings. The Hall–Kier alpha value is -2.64. The molecule has 0 saturated heterocycles. The Balaban J connectivity index is 1.54. The van der Waals surface area contributed by atoms with E-state index in [1.54, 1.807) is 25.1 Å². The van der Waals surface area contributed by atoms with Gasteiger partial charge in [0.15, 0.2) is 9.84 Å². The first-order valence-corrected chi connectivity index (χ1v) is 10.8. The molecule has 2 aromatic carbocycles. The van der Waals surface area contributed by atoms with Gasteiger partial charge in [-0.3, -0.25) is 4.79 Å². The molecular formula is C21H23NO5S. The largest absolute Gasteiger partial charge is 0.458 e. The molecule has 2 N–H and O–H groups in total. The van der Waals surface area contributed by atoms with Crippen LogP contribution in [0.4, 0.5) is 0 Å². The lowest BCUT2D eigenvalue weighted by atomic mass is 10.0. The van der Waals surface area contributed by atoms with Gasteiger partial charge in [0.25, 0.3) is 0 Å². The molecule has 0 aliphatic rings. The van der Waals surface area contributed by atoms with Gasteiger partial charge in [-0.25, -0.2) is 8.42 Å². The zero-order valence-electron chi connectivity index (χ0n) is 15.8. The molecule has 1 atom stereocenters. The van der Waals surface area contributed by atoms with Crippen molar-refractivity contribution in [2.24, 2.45) is 0 Å². The molecule has 1 amide bonds. The second-order valence-electron chi connectivity index (χ2n) is 7.12. The summed E-state index contributed by atoms with van der Waals surface area (Å²) in [5.74, 6) is 0.189. The summed E-state index contributed by atoms with van der Waals surface area (Å²) >= 11 is 0. The fourth-order valence-electron chi connectivity index (χ4n) is 2.85. The molecule has 0 aliphatic heterocycles. The highest BCUT2D eigenvalue weighted by molar-refractivity contribution is 7.90. The standard InChI is InChI=1S/C21H23NO5S/c1-21(24,19-13-16-5-3-4-6-18(16)27-19)14-22-20(23)12-9-15-7-10-17(11-8-15)28(2,25)26/h3-8,10-11,13,24H,9,12,14H2,1-2H3,(H,22,23). The Kier molecular flexibility index (Phi) is 5.58. The molecule has 0 radical (unpaired) electrons. The second kappa shape index (κ2) is 7.77. The monoisotopic (exact) mass is 401 g/mol. The maximum atomic E-state index is 12.1. The van der Waals surface area contributed by atoms with Crippen LogP contribution in [0.15, 0.2) is 63.9 Å². The number of amides is 1. The van der Waals surface area contributed by atoms with E-state index in [9.17, 15) is 18.3 Å². The highest BCUT2D eigenvalue weighted by Gasteiger charge is 2.28. The highest BCUT2D eigenvalue weighted by atomic mass is 32.2. The predicted molar refractivity (Wildman–Crippen MR) is 107 cm³/mol. The van der Waals surface area contributed by atoms with Crippen molar-refractivity contribution in [3.05, 3.63) is 65.9 Å². The minimum absolute atomic E-state index is 0.0265. The Morgan fingerprint density at radius 2 is 1.82 bits per heavy atom. The van der Waals surface area contributed by atoms with Crippen LogP contribution in [0.5, 0.6) is 0 Å². The van der Waals surface area contributed by atoms with Crippen LogP contribution >= 0.6 is 0 Å². The lowest BCUT2D eigenvalue weighted by Crippen LogP contribution is -2.38. The molecule has 7 heteroatoms. The van der Waals surface area contributed by atoms with Crippen LogP contribution < -0.4 is 5.32 Å². The summed E-state index contributed by atoms with van der Waals surface area (Å²) in [7, 11) is -3.23. The van der Waals surface area contributed by atoms with Crippen LogP contribution in [-0.2, 0) is 26.7 Å². The lowest BCUT2D eigenvalue weighted by molar-refractivity contribution is -0.122. The zero-order valence-corrected chi connectivity index (χ0v) is 16.6. The van der Waals surface area contributed by atoms with Crippen molar-refractivity contribution in [3.8, 4) is 0 Å². The molecule has 28 heavy (non-hydrogen) atoms. The molecule has 0 aliphatic carbocycles. The van der Waals surface area contributed by atoms with Crippen molar-refractivity contribution in [2.75, 3.05) is 12.8 Å². The molecule has 3 rings (SSSR count). The molecule has 3 aromatic rings. The first-order valence-electron chi connectivity index (χ1n) is 8.92. The van der Waals surface area contributed by atoms with Crippen LogP contribution in [0.2, 0.25) is 0 Å². The smallest absolute Gasteiger partial charge is 0.220 e. The average Bonchev–Trinajstić information content (AvgIpc) is 3.10. The SMILES string of the molecule is CC(O)(CNC(=O)CCc1ccc(S(C)(=O)=O)cc1)c1cc2ccccc2o1. The summed E-state index contributed by atoms with van der Waals surface area (Å²) in [5, 5.41) is 14.3. The molecule has 1 unspecified atom stereocenters. The number of nitrogens with one attached hydrogen (secondary N) is 1. The number of carbonyl (C=O) groups excluding carboxylic acids is 1. The minimum atomic E-state index is -3.23. The van der Waals surface area contributed by atoms with E-state index < -0.39 is 15.4 Å². The second-order valence-corrected chi connectivity index (χ2v) is 9.13. The van der Waals surface area contributed by atoms with Crippen molar-refractivity contribution < 1.29 is 22.7 Å². The van der Waals surface area contributed by atoms with Crippen molar-refractivity contribution in [1.82, 2.24) is 5.32 Å². The third-order valence-electron chi connectivity index (χ3n) is 4.58. The number of rotatable bonds is 7. The maximum absolute atomic E-state index is 12.1. The number of hydrogen-bond donors (Lipinski definition) is 2. The van der Waals surface area contributed by atoms with Crippen molar-refractivity contribution >= 4 is 26.7 Å². The molecule has 0 bridgehead atoms. The van der Waals surface area contributed by atoms with E-state index in [4.69, 9.17) is 4.42 Å². The molecule has 1 heterocycles. The van der Waals surface area contributed by atoms with Crippen molar-refractivity contribution in [1.29, 1.82) is 0 Å². The average molecular weight is 401 g/mol. The Bertz CT molecular complexity index is 1050. The minimum Gasteiger partial charge on any atom is -0.458 e. The Morgan fingerprint density at radius 3 is 2.46 bits per heavy atom. The number of sulfone groups is 1. The van der Waals surface area contributed by atoms with E-state index in [0.717, 1.165) is 17.2 Å². The van der Waals surface area contributed by atoms with Crippen LogP contribution in [0.1, 0.15) is 24.7 Å². The lowest BCUT2D eigenvalue weighted by Gasteiger charge is -2.21.